The first kappa shape index (κ1) is 15.8. The average Bonchev–Trinajstić information content (AvgIpc) is 2.50. The van der Waals surface area contributed by atoms with Gasteiger partial charge in [-0.25, -0.2) is 4.98 Å². The summed E-state index contributed by atoms with van der Waals surface area (Å²) >= 11 is 3.55. The van der Waals surface area contributed by atoms with Crippen LogP contribution in [0.5, 0.6) is 11.6 Å². The minimum atomic E-state index is 0.0172. The van der Waals surface area contributed by atoms with E-state index in [0.717, 1.165) is 34.2 Å². The Bertz CT molecular complexity index is 587. The maximum absolute atomic E-state index is 6.25. The zero-order valence-corrected chi connectivity index (χ0v) is 13.8. The quantitative estimate of drug-likeness (QED) is 0.869. The van der Waals surface area contributed by atoms with E-state index in [1.165, 1.54) is 0 Å². The second kappa shape index (κ2) is 7.43. The fourth-order valence-corrected chi connectivity index (χ4v) is 2.55. The molecule has 1 aromatic heterocycles. The van der Waals surface area contributed by atoms with Crippen LogP contribution in [0.2, 0.25) is 0 Å². The summed E-state index contributed by atoms with van der Waals surface area (Å²) in [6, 6.07) is 9.78. The molecule has 112 valence electrons. The van der Waals surface area contributed by atoms with Gasteiger partial charge in [-0.1, -0.05) is 22.0 Å². The summed E-state index contributed by atoms with van der Waals surface area (Å²) in [5.74, 6) is 1.45. The maximum atomic E-state index is 6.25. The number of hydrogen-bond acceptors (Lipinski definition) is 4. The smallest absolute Gasteiger partial charge is 0.212 e. The SMILES string of the molecule is COc1ccc(Br)c(CC(N)Cc2ccc(OC)nc2)c1. The zero-order valence-electron chi connectivity index (χ0n) is 12.2. The predicted molar refractivity (Wildman–Crippen MR) is 86.9 cm³/mol. The molecular formula is C16H19BrN2O2. The Morgan fingerprint density at radius 3 is 2.57 bits per heavy atom. The molecule has 2 aromatic rings. The number of halogens is 1. The van der Waals surface area contributed by atoms with Gasteiger partial charge in [0.25, 0.3) is 0 Å². The van der Waals surface area contributed by atoms with Crippen LogP contribution in [0.1, 0.15) is 11.1 Å². The van der Waals surface area contributed by atoms with E-state index in [4.69, 9.17) is 15.2 Å². The largest absolute Gasteiger partial charge is 0.497 e. The van der Waals surface area contributed by atoms with E-state index in [1.807, 2.05) is 30.3 Å². The van der Waals surface area contributed by atoms with Gasteiger partial charge in [0, 0.05) is 22.8 Å². The van der Waals surface area contributed by atoms with E-state index < -0.39 is 0 Å². The third-order valence-electron chi connectivity index (χ3n) is 3.24. The first-order valence-corrected chi connectivity index (χ1v) is 7.48. The number of hydrogen-bond donors (Lipinski definition) is 1. The van der Waals surface area contributed by atoms with Gasteiger partial charge in [-0.15, -0.1) is 0 Å². The number of pyridine rings is 1. The van der Waals surface area contributed by atoms with Gasteiger partial charge in [0.1, 0.15) is 5.75 Å². The van der Waals surface area contributed by atoms with E-state index in [2.05, 4.69) is 20.9 Å². The highest BCUT2D eigenvalue weighted by Crippen LogP contribution is 2.24. The predicted octanol–water partition coefficient (Wildman–Crippen LogP) is 2.97. The minimum absolute atomic E-state index is 0.0172. The molecule has 0 spiro atoms. The standard InChI is InChI=1S/C16H19BrN2O2/c1-20-14-4-5-15(17)12(9-14)8-13(18)7-11-3-6-16(21-2)19-10-11/h3-6,9-10,13H,7-8,18H2,1-2H3. The molecule has 5 heteroatoms. The number of methoxy groups -OCH3 is 2. The van der Waals surface area contributed by atoms with Gasteiger partial charge in [0.05, 0.1) is 14.2 Å². The Hall–Kier alpha value is -1.59. The van der Waals surface area contributed by atoms with Gasteiger partial charge in [-0.2, -0.15) is 0 Å². The highest BCUT2D eigenvalue weighted by molar-refractivity contribution is 9.10. The van der Waals surface area contributed by atoms with Gasteiger partial charge in [-0.3, -0.25) is 0 Å². The summed E-state index contributed by atoms with van der Waals surface area (Å²) in [6.45, 7) is 0. The van der Waals surface area contributed by atoms with Gasteiger partial charge < -0.3 is 15.2 Å². The summed E-state index contributed by atoms with van der Waals surface area (Å²) in [5, 5.41) is 0. The molecule has 0 aliphatic rings. The van der Waals surface area contributed by atoms with Crippen molar-refractivity contribution in [2.75, 3.05) is 14.2 Å². The lowest BCUT2D eigenvalue weighted by Crippen LogP contribution is -2.25. The van der Waals surface area contributed by atoms with E-state index >= 15 is 0 Å². The van der Waals surface area contributed by atoms with Crippen molar-refractivity contribution in [3.8, 4) is 11.6 Å². The summed E-state index contributed by atoms with van der Waals surface area (Å²) in [5.41, 5.74) is 8.49. The lowest BCUT2D eigenvalue weighted by molar-refractivity contribution is 0.397. The van der Waals surface area contributed by atoms with Crippen LogP contribution >= 0.6 is 15.9 Å². The molecule has 2 N–H and O–H groups in total. The number of aromatic nitrogens is 1. The highest BCUT2D eigenvalue weighted by Gasteiger charge is 2.10. The van der Waals surface area contributed by atoms with Crippen molar-refractivity contribution in [2.24, 2.45) is 5.73 Å². The van der Waals surface area contributed by atoms with E-state index in [-0.39, 0.29) is 6.04 Å². The van der Waals surface area contributed by atoms with Gasteiger partial charge in [0.15, 0.2) is 0 Å². The Morgan fingerprint density at radius 1 is 1.14 bits per heavy atom. The molecule has 0 aliphatic heterocycles. The van der Waals surface area contributed by atoms with Crippen LogP contribution in [0.4, 0.5) is 0 Å². The minimum Gasteiger partial charge on any atom is -0.497 e. The van der Waals surface area contributed by atoms with Crippen LogP contribution in [-0.4, -0.2) is 25.2 Å². The third kappa shape index (κ3) is 4.44. The van der Waals surface area contributed by atoms with Crippen LogP contribution in [0.15, 0.2) is 41.0 Å². The van der Waals surface area contributed by atoms with Crippen molar-refractivity contribution in [3.05, 3.63) is 52.1 Å². The first-order chi connectivity index (χ1) is 10.1. The van der Waals surface area contributed by atoms with Crippen LogP contribution in [0.3, 0.4) is 0 Å². The van der Waals surface area contributed by atoms with Crippen LogP contribution in [0, 0.1) is 0 Å². The molecule has 1 unspecified atom stereocenters. The second-order valence-corrected chi connectivity index (χ2v) is 5.69. The lowest BCUT2D eigenvalue weighted by Gasteiger charge is -2.14. The number of nitrogens with two attached hydrogens (primary N) is 1. The van der Waals surface area contributed by atoms with Crippen LogP contribution < -0.4 is 15.2 Å². The first-order valence-electron chi connectivity index (χ1n) is 6.69. The van der Waals surface area contributed by atoms with Crippen molar-refractivity contribution in [2.45, 2.75) is 18.9 Å². The molecule has 0 aliphatic carbocycles. The molecule has 0 fully saturated rings. The monoisotopic (exact) mass is 350 g/mol. The van der Waals surface area contributed by atoms with Crippen LogP contribution in [-0.2, 0) is 12.8 Å². The maximum Gasteiger partial charge on any atom is 0.212 e. The summed E-state index contributed by atoms with van der Waals surface area (Å²) in [6.07, 6.45) is 3.34. The Morgan fingerprint density at radius 2 is 1.95 bits per heavy atom. The summed E-state index contributed by atoms with van der Waals surface area (Å²) in [7, 11) is 3.27. The van der Waals surface area contributed by atoms with Crippen molar-refractivity contribution in [1.82, 2.24) is 4.98 Å². The molecule has 1 heterocycles. The molecule has 2 rings (SSSR count). The number of rotatable bonds is 6. The molecule has 0 saturated heterocycles. The van der Waals surface area contributed by atoms with Crippen molar-refractivity contribution in [1.29, 1.82) is 0 Å². The molecule has 0 radical (unpaired) electrons. The number of nitrogens with zero attached hydrogens (tertiary/aromatic N) is 1. The molecular weight excluding hydrogens is 332 g/mol. The molecule has 0 bridgehead atoms. The topological polar surface area (TPSA) is 57.4 Å². The highest BCUT2D eigenvalue weighted by atomic mass is 79.9. The number of ether oxygens (including phenoxy) is 2. The van der Waals surface area contributed by atoms with Gasteiger partial charge >= 0.3 is 0 Å². The Labute approximate surface area is 133 Å². The second-order valence-electron chi connectivity index (χ2n) is 4.83. The Balaban J connectivity index is 2.02. The molecule has 21 heavy (non-hydrogen) atoms. The van der Waals surface area contributed by atoms with Crippen LogP contribution in [0.25, 0.3) is 0 Å². The Kier molecular flexibility index (Phi) is 5.59. The van der Waals surface area contributed by atoms with Crippen molar-refractivity contribution >= 4 is 15.9 Å². The van der Waals surface area contributed by atoms with Crippen molar-refractivity contribution < 1.29 is 9.47 Å². The molecule has 1 aromatic carbocycles. The summed E-state index contributed by atoms with van der Waals surface area (Å²) in [4.78, 5) is 4.20. The molecule has 4 nitrogen and oxygen atoms in total. The molecule has 0 amide bonds. The summed E-state index contributed by atoms with van der Waals surface area (Å²) < 4.78 is 11.3. The third-order valence-corrected chi connectivity index (χ3v) is 4.01. The molecule has 1 atom stereocenters. The number of benzene rings is 1. The average molecular weight is 351 g/mol. The van der Waals surface area contributed by atoms with Gasteiger partial charge in [0.2, 0.25) is 5.88 Å². The lowest BCUT2D eigenvalue weighted by atomic mass is 10.0. The van der Waals surface area contributed by atoms with E-state index in [9.17, 15) is 0 Å². The fourth-order valence-electron chi connectivity index (χ4n) is 2.14. The van der Waals surface area contributed by atoms with E-state index in [0.29, 0.717) is 5.88 Å². The van der Waals surface area contributed by atoms with Gasteiger partial charge in [-0.05, 0) is 42.2 Å². The fraction of sp³-hybridized carbons (Fsp3) is 0.312. The molecule has 0 saturated carbocycles. The van der Waals surface area contributed by atoms with E-state index in [1.54, 1.807) is 20.4 Å². The zero-order chi connectivity index (χ0) is 15.2. The normalized spacial score (nSPS) is 12.0. The van der Waals surface area contributed by atoms with Crippen molar-refractivity contribution in [3.63, 3.8) is 0 Å².